The van der Waals surface area contributed by atoms with Crippen molar-refractivity contribution in [2.24, 2.45) is 0 Å². The first-order valence-corrected chi connectivity index (χ1v) is 9.83. The van der Waals surface area contributed by atoms with Crippen LogP contribution in [0.15, 0.2) is 53.1 Å². The molecule has 0 aliphatic carbocycles. The zero-order valence-corrected chi connectivity index (χ0v) is 16.8. The Kier molecular flexibility index (Phi) is 6.99. The molecule has 2 aromatic carbocycles. The molecule has 1 amide bonds. The van der Waals surface area contributed by atoms with Gasteiger partial charge in [0.15, 0.2) is 5.82 Å². The first-order valence-electron chi connectivity index (χ1n) is 9.46. The van der Waals surface area contributed by atoms with Gasteiger partial charge in [0.2, 0.25) is 11.8 Å². The number of amides is 1. The highest BCUT2D eigenvalue weighted by molar-refractivity contribution is 6.31. The molecule has 29 heavy (non-hydrogen) atoms. The number of carbonyl (C=O) groups excluding carboxylic acids is 1. The number of carbonyl (C=O) groups is 1. The third-order valence-corrected chi connectivity index (χ3v) is 4.73. The fraction of sp³-hybridized carbons (Fsp3) is 0.273. The number of nitrogens with zero attached hydrogens (tertiary/aromatic N) is 3. The van der Waals surface area contributed by atoms with Crippen molar-refractivity contribution < 1.29 is 9.32 Å². The lowest BCUT2D eigenvalue weighted by molar-refractivity contribution is -0.116. The molecule has 0 spiro atoms. The Morgan fingerprint density at radius 2 is 2.03 bits per heavy atom. The van der Waals surface area contributed by atoms with E-state index in [1.54, 1.807) is 18.2 Å². The smallest absolute Gasteiger partial charge is 0.227 e. The van der Waals surface area contributed by atoms with E-state index in [4.69, 9.17) is 16.1 Å². The molecule has 1 atom stereocenters. The van der Waals surface area contributed by atoms with Gasteiger partial charge in [0.1, 0.15) is 0 Å². The Bertz CT molecular complexity index is 1010. The van der Waals surface area contributed by atoms with Crippen molar-refractivity contribution in [1.82, 2.24) is 10.1 Å². The Morgan fingerprint density at radius 1 is 1.24 bits per heavy atom. The Hall–Kier alpha value is -3.17. The highest BCUT2D eigenvalue weighted by atomic mass is 35.5. The largest absolute Gasteiger partial charge is 0.339 e. The normalized spacial score (nSPS) is 11.6. The summed E-state index contributed by atoms with van der Waals surface area (Å²) >= 11 is 6.41. The zero-order valence-electron chi connectivity index (χ0n) is 16.1. The van der Waals surface area contributed by atoms with Crippen molar-refractivity contribution in [3.63, 3.8) is 0 Å². The summed E-state index contributed by atoms with van der Waals surface area (Å²) in [4.78, 5) is 16.5. The second kappa shape index (κ2) is 9.85. The van der Waals surface area contributed by atoms with Crippen LogP contribution in [0.3, 0.4) is 0 Å². The molecule has 3 aromatic rings. The Morgan fingerprint density at radius 3 is 2.72 bits per heavy atom. The molecule has 0 saturated carbocycles. The van der Waals surface area contributed by atoms with E-state index in [9.17, 15) is 10.1 Å². The molecule has 0 aliphatic rings. The molecule has 0 bridgehead atoms. The van der Waals surface area contributed by atoms with Gasteiger partial charge < -0.3 is 9.84 Å². The molecule has 7 heteroatoms. The number of hydrogen-bond donors (Lipinski definition) is 1. The third kappa shape index (κ3) is 5.43. The molecule has 0 radical (unpaired) electrons. The summed E-state index contributed by atoms with van der Waals surface area (Å²) in [5.41, 5.74) is 2.15. The zero-order chi connectivity index (χ0) is 20.6. The Labute approximate surface area is 174 Å². The number of aryl methyl sites for hydroxylation is 2. The lowest BCUT2D eigenvalue weighted by Crippen LogP contribution is -2.12. The van der Waals surface area contributed by atoms with E-state index < -0.39 is 5.92 Å². The van der Waals surface area contributed by atoms with Crippen molar-refractivity contribution >= 4 is 23.2 Å². The van der Waals surface area contributed by atoms with Crippen molar-refractivity contribution in [2.75, 3.05) is 5.32 Å². The van der Waals surface area contributed by atoms with Crippen LogP contribution in [0.1, 0.15) is 48.5 Å². The molecule has 6 nitrogen and oxygen atoms in total. The highest BCUT2D eigenvalue weighted by Gasteiger charge is 2.17. The van der Waals surface area contributed by atoms with Gasteiger partial charge in [-0.3, -0.25) is 4.79 Å². The minimum absolute atomic E-state index is 0.177. The molecule has 1 N–H and O–H groups in total. The molecule has 3 rings (SSSR count). The molecule has 1 aromatic heterocycles. The van der Waals surface area contributed by atoms with Gasteiger partial charge in [0, 0.05) is 30.0 Å². The SMILES string of the molecule is CCCc1noc(CCC(=O)Nc2ccc([C@H](C#N)c3ccccc3)c(Cl)c2)n1. The van der Waals surface area contributed by atoms with Crippen LogP contribution in [-0.2, 0) is 17.6 Å². The molecule has 1 heterocycles. The van der Waals surface area contributed by atoms with Crippen LogP contribution in [0.4, 0.5) is 5.69 Å². The monoisotopic (exact) mass is 408 g/mol. The fourth-order valence-corrected chi connectivity index (χ4v) is 3.26. The summed E-state index contributed by atoms with van der Waals surface area (Å²) in [6.45, 7) is 2.04. The van der Waals surface area contributed by atoms with Crippen LogP contribution in [0, 0.1) is 11.3 Å². The van der Waals surface area contributed by atoms with Crippen LogP contribution in [0.25, 0.3) is 0 Å². The molecule has 0 saturated heterocycles. The number of aromatic nitrogens is 2. The van der Waals surface area contributed by atoms with Crippen molar-refractivity contribution in [3.8, 4) is 6.07 Å². The van der Waals surface area contributed by atoms with Gasteiger partial charge in [-0.2, -0.15) is 10.2 Å². The quantitative estimate of drug-likeness (QED) is 0.572. The summed E-state index contributed by atoms with van der Waals surface area (Å²) in [7, 11) is 0. The summed E-state index contributed by atoms with van der Waals surface area (Å²) in [6, 6.07) is 16.9. The summed E-state index contributed by atoms with van der Waals surface area (Å²) in [6.07, 6.45) is 2.29. The topological polar surface area (TPSA) is 91.8 Å². The number of nitrogens with one attached hydrogen (secondary N) is 1. The number of anilines is 1. The maximum atomic E-state index is 12.2. The van der Waals surface area contributed by atoms with Crippen LogP contribution in [0.5, 0.6) is 0 Å². The van der Waals surface area contributed by atoms with E-state index in [2.05, 4.69) is 21.5 Å². The predicted molar refractivity (Wildman–Crippen MR) is 111 cm³/mol. The molecule has 0 unspecified atom stereocenters. The first-order chi connectivity index (χ1) is 14.1. The highest BCUT2D eigenvalue weighted by Crippen LogP contribution is 2.31. The maximum absolute atomic E-state index is 12.2. The summed E-state index contributed by atoms with van der Waals surface area (Å²) < 4.78 is 5.14. The molecule has 0 aliphatic heterocycles. The first kappa shape index (κ1) is 20.6. The van der Waals surface area contributed by atoms with Gasteiger partial charge in [-0.05, 0) is 29.7 Å². The van der Waals surface area contributed by atoms with E-state index in [1.807, 2.05) is 37.3 Å². The Balaban J connectivity index is 1.62. The van der Waals surface area contributed by atoms with Crippen molar-refractivity contribution in [1.29, 1.82) is 5.26 Å². The van der Waals surface area contributed by atoms with E-state index in [0.717, 1.165) is 18.4 Å². The number of halogens is 1. The van der Waals surface area contributed by atoms with Gasteiger partial charge in [-0.15, -0.1) is 0 Å². The van der Waals surface area contributed by atoms with Gasteiger partial charge in [-0.25, -0.2) is 0 Å². The number of benzene rings is 2. The third-order valence-electron chi connectivity index (χ3n) is 4.41. The molecule has 148 valence electrons. The van der Waals surface area contributed by atoms with Gasteiger partial charge in [-0.1, -0.05) is 60.1 Å². The fourth-order valence-electron chi connectivity index (χ4n) is 2.97. The lowest BCUT2D eigenvalue weighted by atomic mass is 9.92. The average molecular weight is 409 g/mol. The number of rotatable bonds is 8. The average Bonchev–Trinajstić information content (AvgIpc) is 3.17. The molecule has 0 fully saturated rings. The van der Waals surface area contributed by atoms with Gasteiger partial charge in [0.25, 0.3) is 0 Å². The van der Waals surface area contributed by atoms with Gasteiger partial charge in [0.05, 0.1) is 12.0 Å². The van der Waals surface area contributed by atoms with Crippen LogP contribution < -0.4 is 5.32 Å². The standard InChI is InChI=1S/C22H21ClN4O2/c1-2-6-20-26-22(29-27-20)12-11-21(28)25-16-9-10-17(19(23)13-16)18(14-24)15-7-4-3-5-8-15/h3-5,7-10,13,18H,2,6,11-12H2,1H3,(H,25,28)/t18-/m1/s1. The van der Waals surface area contributed by atoms with Crippen molar-refractivity contribution in [2.45, 2.75) is 38.5 Å². The second-order valence-electron chi connectivity index (χ2n) is 6.61. The second-order valence-corrected chi connectivity index (χ2v) is 7.02. The minimum atomic E-state index is -0.469. The summed E-state index contributed by atoms with van der Waals surface area (Å²) in [5.74, 6) is 0.472. The lowest BCUT2D eigenvalue weighted by Gasteiger charge is -2.13. The van der Waals surface area contributed by atoms with E-state index >= 15 is 0 Å². The minimum Gasteiger partial charge on any atom is -0.339 e. The number of hydrogen-bond acceptors (Lipinski definition) is 5. The van der Waals surface area contributed by atoms with E-state index in [0.29, 0.717) is 34.4 Å². The number of nitriles is 1. The van der Waals surface area contributed by atoms with Crippen LogP contribution >= 0.6 is 11.6 Å². The van der Waals surface area contributed by atoms with Crippen molar-refractivity contribution in [3.05, 3.63) is 76.4 Å². The summed E-state index contributed by atoms with van der Waals surface area (Å²) in [5, 5.41) is 16.7. The van der Waals surface area contributed by atoms with Crippen LogP contribution in [-0.4, -0.2) is 16.0 Å². The van der Waals surface area contributed by atoms with E-state index in [1.165, 1.54) is 0 Å². The maximum Gasteiger partial charge on any atom is 0.227 e. The predicted octanol–water partition coefficient (Wildman–Crippen LogP) is 4.90. The van der Waals surface area contributed by atoms with Gasteiger partial charge >= 0.3 is 0 Å². The van der Waals surface area contributed by atoms with E-state index in [-0.39, 0.29) is 12.3 Å². The van der Waals surface area contributed by atoms with Crippen LogP contribution in [0.2, 0.25) is 5.02 Å². The molecular formula is C22H21ClN4O2. The molecular weight excluding hydrogens is 388 g/mol.